The molecule has 1 N–H and O–H groups in total. The lowest BCUT2D eigenvalue weighted by molar-refractivity contribution is 0.484. The van der Waals surface area contributed by atoms with E-state index in [1.807, 2.05) is 41.9 Å². The molecule has 0 radical (unpaired) electrons. The average molecular weight is 443 g/mol. The van der Waals surface area contributed by atoms with Gasteiger partial charge in [0.15, 0.2) is 0 Å². The van der Waals surface area contributed by atoms with Crippen molar-refractivity contribution in [3.63, 3.8) is 0 Å². The van der Waals surface area contributed by atoms with Crippen molar-refractivity contribution >= 4 is 50.7 Å². The molecule has 0 amide bonds. The summed E-state index contributed by atoms with van der Waals surface area (Å²) < 4.78 is 11.9. The van der Waals surface area contributed by atoms with Crippen LogP contribution in [0.2, 0.25) is 5.02 Å². The van der Waals surface area contributed by atoms with Crippen molar-refractivity contribution < 1.29 is 4.74 Å². The number of benzene rings is 2. The van der Waals surface area contributed by atoms with E-state index >= 15 is 0 Å². The molecule has 148 valence electrons. The molecule has 0 unspecified atom stereocenters. The molecule has 0 aliphatic heterocycles. The van der Waals surface area contributed by atoms with E-state index in [1.165, 1.54) is 11.3 Å². The number of nitrogens with zero attached hydrogens (tertiary/aromatic N) is 1. The Morgan fingerprint density at radius 3 is 2.69 bits per heavy atom. The van der Waals surface area contributed by atoms with E-state index in [-0.39, 0.29) is 5.56 Å². The molecule has 0 saturated carbocycles. The number of rotatable bonds is 6. The second kappa shape index (κ2) is 8.53. The van der Waals surface area contributed by atoms with E-state index in [0.29, 0.717) is 16.5 Å². The van der Waals surface area contributed by atoms with E-state index < -0.39 is 0 Å². The van der Waals surface area contributed by atoms with Crippen LogP contribution in [0.1, 0.15) is 6.92 Å². The minimum absolute atomic E-state index is 0.00902. The molecule has 0 saturated heterocycles. The van der Waals surface area contributed by atoms with Gasteiger partial charge in [0.05, 0.1) is 0 Å². The van der Waals surface area contributed by atoms with Crippen molar-refractivity contribution in [1.29, 1.82) is 0 Å². The number of thiophene rings is 1. The number of halogens is 1. The van der Waals surface area contributed by atoms with Crippen molar-refractivity contribution in [2.45, 2.75) is 6.92 Å². The first-order valence-corrected chi connectivity index (χ1v) is 11.3. The molecule has 4 aromatic rings. The highest BCUT2D eigenvalue weighted by Crippen LogP contribution is 2.39. The van der Waals surface area contributed by atoms with E-state index in [4.69, 9.17) is 16.3 Å². The Labute approximate surface area is 182 Å². The SMILES string of the molecule is CCSNc1ccc(Oc2ccc(Cl)cc2)c(-c2cn(C)c(=O)c3sccc23)c1. The maximum atomic E-state index is 12.5. The Bertz CT molecular complexity index is 1220. The van der Waals surface area contributed by atoms with Crippen LogP contribution in [-0.4, -0.2) is 10.3 Å². The van der Waals surface area contributed by atoms with E-state index in [2.05, 4.69) is 17.7 Å². The summed E-state index contributed by atoms with van der Waals surface area (Å²) in [5, 5.41) is 3.54. The number of nitrogens with one attached hydrogen (secondary N) is 1. The number of anilines is 1. The van der Waals surface area contributed by atoms with Crippen LogP contribution in [0.25, 0.3) is 21.2 Å². The summed E-state index contributed by atoms with van der Waals surface area (Å²) in [7, 11) is 1.78. The van der Waals surface area contributed by atoms with Crippen molar-refractivity contribution in [2.24, 2.45) is 7.05 Å². The third-order valence-corrected chi connectivity index (χ3v) is 6.26. The van der Waals surface area contributed by atoms with E-state index in [0.717, 1.165) is 32.7 Å². The van der Waals surface area contributed by atoms with Gasteiger partial charge >= 0.3 is 0 Å². The normalized spacial score (nSPS) is 11.0. The van der Waals surface area contributed by atoms with Crippen LogP contribution < -0.4 is 15.0 Å². The Balaban J connectivity index is 1.87. The Morgan fingerprint density at radius 1 is 1.14 bits per heavy atom. The molecule has 0 fully saturated rings. The minimum atomic E-state index is 0.00902. The number of hydrogen-bond acceptors (Lipinski definition) is 5. The molecule has 0 spiro atoms. The predicted molar refractivity (Wildman–Crippen MR) is 126 cm³/mol. The fourth-order valence-corrected chi connectivity index (χ4v) is 4.52. The molecule has 0 bridgehead atoms. The molecular weight excluding hydrogens is 424 g/mol. The van der Waals surface area contributed by atoms with Crippen molar-refractivity contribution in [2.75, 3.05) is 10.5 Å². The summed E-state index contributed by atoms with van der Waals surface area (Å²) >= 11 is 9.09. The van der Waals surface area contributed by atoms with Gasteiger partial charge in [-0.15, -0.1) is 11.3 Å². The molecule has 0 atom stereocenters. The van der Waals surface area contributed by atoms with Crippen LogP contribution in [0.3, 0.4) is 0 Å². The molecule has 4 nitrogen and oxygen atoms in total. The maximum Gasteiger partial charge on any atom is 0.268 e. The third kappa shape index (κ3) is 4.15. The van der Waals surface area contributed by atoms with Crippen LogP contribution in [0.15, 0.2) is 64.9 Å². The molecule has 29 heavy (non-hydrogen) atoms. The number of hydrogen-bond donors (Lipinski definition) is 1. The van der Waals surface area contributed by atoms with Gasteiger partial charge in [-0.3, -0.25) is 4.79 Å². The molecule has 0 aliphatic carbocycles. The lowest BCUT2D eigenvalue weighted by Gasteiger charge is -2.15. The summed E-state index contributed by atoms with van der Waals surface area (Å²) in [5.41, 5.74) is 2.86. The van der Waals surface area contributed by atoms with Crippen molar-refractivity contribution in [3.8, 4) is 22.6 Å². The average Bonchev–Trinajstić information content (AvgIpc) is 3.22. The first kappa shape index (κ1) is 19.9. The highest BCUT2D eigenvalue weighted by Gasteiger charge is 2.16. The van der Waals surface area contributed by atoms with Crippen LogP contribution in [-0.2, 0) is 7.05 Å². The fraction of sp³-hybridized carbons (Fsp3) is 0.136. The summed E-state index contributed by atoms with van der Waals surface area (Å²) in [6.45, 7) is 2.10. The highest BCUT2D eigenvalue weighted by molar-refractivity contribution is 8.00. The Morgan fingerprint density at radius 2 is 1.93 bits per heavy atom. The molecule has 0 aliphatic rings. The number of ether oxygens (including phenoxy) is 1. The topological polar surface area (TPSA) is 43.3 Å². The molecule has 2 heterocycles. The van der Waals surface area contributed by atoms with Gasteiger partial charge in [-0.25, -0.2) is 0 Å². The lowest BCUT2D eigenvalue weighted by atomic mass is 10.0. The van der Waals surface area contributed by atoms with Crippen molar-refractivity contribution in [3.05, 3.63) is 75.5 Å². The van der Waals surface area contributed by atoms with Gasteiger partial charge in [0, 0.05) is 46.2 Å². The molecule has 2 aromatic carbocycles. The molecular formula is C22H19ClN2O2S2. The van der Waals surface area contributed by atoms with Gasteiger partial charge in [-0.2, -0.15) is 0 Å². The van der Waals surface area contributed by atoms with Gasteiger partial charge in [0.25, 0.3) is 5.56 Å². The standard InChI is InChI=1S/C22H19ClN2O2S2/c1-3-29-24-15-6-9-20(27-16-7-4-14(23)5-8-16)18(12-15)19-13-25(2)22(26)21-17(19)10-11-28-21/h4-13,24H,3H2,1-2H3. The zero-order valence-electron chi connectivity index (χ0n) is 15.9. The quantitative estimate of drug-likeness (QED) is 0.334. The first-order chi connectivity index (χ1) is 14.1. The summed E-state index contributed by atoms with van der Waals surface area (Å²) in [4.78, 5) is 12.5. The van der Waals surface area contributed by atoms with Crippen LogP contribution in [0.4, 0.5) is 5.69 Å². The van der Waals surface area contributed by atoms with Gasteiger partial charge in [0.1, 0.15) is 16.2 Å². The Hall–Kier alpha value is -2.41. The number of fused-ring (bicyclic) bond motifs is 1. The molecule has 7 heteroatoms. The van der Waals surface area contributed by atoms with Gasteiger partial charge in [-0.05, 0) is 53.9 Å². The smallest absolute Gasteiger partial charge is 0.268 e. The predicted octanol–water partition coefficient (Wildman–Crippen LogP) is 6.79. The molecule has 4 rings (SSSR count). The first-order valence-electron chi connectivity index (χ1n) is 9.09. The van der Waals surface area contributed by atoms with Gasteiger partial charge in [-0.1, -0.05) is 30.5 Å². The van der Waals surface area contributed by atoms with Crippen LogP contribution in [0.5, 0.6) is 11.5 Å². The zero-order valence-corrected chi connectivity index (χ0v) is 18.3. The second-order valence-electron chi connectivity index (χ2n) is 6.42. The summed E-state index contributed by atoms with van der Waals surface area (Å²) in [6, 6.07) is 15.3. The Kier molecular flexibility index (Phi) is 5.85. The van der Waals surface area contributed by atoms with Crippen LogP contribution >= 0.6 is 34.9 Å². The lowest BCUT2D eigenvalue weighted by Crippen LogP contribution is -2.15. The molecule has 2 aromatic heterocycles. The number of pyridine rings is 1. The maximum absolute atomic E-state index is 12.5. The monoisotopic (exact) mass is 442 g/mol. The zero-order chi connectivity index (χ0) is 20.4. The summed E-state index contributed by atoms with van der Waals surface area (Å²) in [5.74, 6) is 2.36. The fourth-order valence-electron chi connectivity index (χ4n) is 3.06. The number of aromatic nitrogens is 1. The van der Waals surface area contributed by atoms with E-state index in [9.17, 15) is 4.79 Å². The van der Waals surface area contributed by atoms with Gasteiger partial charge < -0.3 is 14.0 Å². The van der Waals surface area contributed by atoms with E-state index in [1.54, 1.807) is 35.7 Å². The second-order valence-corrected chi connectivity index (χ2v) is 8.85. The number of aryl methyl sites for hydroxylation is 1. The largest absolute Gasteiger partial charge is 0.457 e. The van der Waals surface area contributed by atoms with Crippen LogP contribution in [0, 0.1) is 0 Å². The third-order valence-electron chi connectivity index (χ3n) is 4.44. The summed E-state index contributed by atoms with van der Waals surface area (Å²) in [6.07, 6.45) is 1.87. The minimum Gasteiger partial charge on any atom is -0.457 e. The van der Waals surface area contributed by atoms with Gasteiger partial charge in [0.2, 0.25) is 0 Å². The van der Waals surface area contributed by atoms with Crippen molar-refractivity contribution in [1.82, 2.24) is 4.57 Å². The highest BCUT2D eigenvalue weighted by atomic mass is 35.5.